The molecule has 0 aliphatic carbocycles. The van der Waals surface area contributed by atoms with Crippen molar-refractivity contribution in [3.8, 4) is 0 Å². The number of halogens is 2. The van der Waals surface area contributed by atoms with Crippen molar-refractivity contribution in [2.75, 3.05) is 0 Å². The largest absolute Gasteiger partial charge is 0.253 e. The van der Waals surface area contributed by atoms with Gasteiger partial charge in [0.25, 0.3) is 0 Å². The quantitative estimate of drug-likeness (QED) is 0.375. The topological polar surface area (TPSA) is 25.8 Å². The standard InChI is InChI=1S/C12H12BrN.C11H12BrN/c1-8(2)11-6-4-9-3-5-10(13)7-12(9)14-11;1-4-9-6-7-10(5-2)13-11(9)8(3)12/h3-8H,1-2H3;4,6-7H,1,3,5H2,2H3. The third-order valence-corrected chi connectivity index (χ3v) is 4.96. The summed E-state index contributed by atoms with van der Waals surface area (Å²) in [6.07, 6.45) is 2.72. The fraction of sp³-hybridized carbons (Fsp3) is 0.217. The lowest BCUT2D eigenvalue weighted by molar-refractivity contribution is 0.830. The second kappa shape index (κ2) is 9.95. The maximum absolute atomic E-state index is 4.61. The first-order chi connectivity index (χ1) is 12.8. The van der Waals surface area contributed by atoms with E-state index in [1.165, 1.54) is 5.39 Å². The van der Waals surface area contributed by atoms with Gasteiger partial charge in [0.1, 0.15) is 0 Å². The van der Waals surface area contributed by atoms with E-state index in [4.69, 9.17) is 0 Å². The lowest BCUT2D eigenvalue weighted by atomic mass is 10.1. The number of rotatable bonds is 4. The summed E-state index contributed by atoms with van der Waals surface area (Å²) in [5.74, 6) is 0.485. The summed E-state index contributed by atoms with van der Waals surface area (Å²) in [5.41, 5.74) is 5.18. The molecule has 2 aromatic heterocycles. The molecular weight excluding hydrogens is 464 g/mol. The molecule has 0 spiro atoms. The number of hydrogen-bond donors (Lipinski definition) is 0. The maximum Gasteiger partial charge on any atom is 0.0840 e. The molecule has 0 atom stereocenters. The third kappa shape index (κ3) is 5.85. The highest BCUT2D eigenvalue weighted by Gasteiger charge is 2.04. The third-order valence-electron chi connectivity index (χ3n) is 4.09. The maximum atomic E-state index is 4.61. The van der Waals surface area contributed by atoms with E-state index in [1.54, 1.807) is 6.08 Å². The van der Waals surface area contributed by atoms with Crippen LogP contribution < -0.4 is 0 Å². The van der Waals surface area contributed by atoms with E-state index in [2.05, 4.69) is 100 Å². The molecule has 0 aliphatic rings. The van der Waals surface area contributed by atoms with Crippen molar-refractivity contribution in [3.63, 3.8) is 0 Å². The molecule has 0 saturated carbocycles. The Labute approximate surface area is 178 Å². The number of benzene rings is 1. The smallest absolute Gasteiger partial charge is 0.0840 e. The minimum atomic E-state index is 0.485. The molecule has 0 N–H and O–H groups in total. The Kier molecular flexibility index (Phi) is 7.93. The molecule has 4 heteroatoms. The van der Waals surface area contributed by atoms with Crippen LogP contribution in [0.1, 0.15) is 49.3 Å². The van der Waals surface area contributed by atoms with Gasteiger partial charge in [0.15, 0.2) is 0 Å². The van der Waals surface area contributed by atoms with Crippen LogP contribution in [0.15, 0.2) is 60.1 Å². The van der Waals surface area contributed by atoms with Crippen LogP contribution in [0.2, 0.25) is 0 Å². The van der Waals surface area contributed by atoms with Crippen LogP contribution in [-0.4, -0.2) is 9.97 Å². The molecule has 3 rings (SSSR count). The van der Waals surface area contributed by atoms with Gasteiger partial charge in [-0.1, -0.05) is 74.1 Å². The highest BCUT2D eigenvalue weighted by molar-refractivity contribution is 9.15. The minimum absolute atomic E-state index is 0.485. The first-order valence-electron chi connectivity index (χ1n) is 8.89. The summed E-state index contributed by atoms with van der Waals surface area (Å²) in [4.78, 5) is 9.05. The predicted octanol–water partition coefficient (Wildman–Crippen LogP) is 7.77. The molecule has 0 saturated heterocycles. The highest BCUT2D eigenvalue weighted by atomic mass is 79.9. The SMILES string of the molecule is C=Cc1ccc(CC)nc1C(=C)Br.CC(C)c1ccc2ccc(Br)cc2n1. The summed E-state index contributed by atoms with van der Waals surface area (Å²) in [5, 5.41) is 1.19. The zero-order chi connectivity index (χ0) is 20.0. The molecule has 0 fully saturated rings. The van der Waals surface area contributed by atoms with Crippen molar-refractivity contribution in [3.05, 3.63) is 82.7 Å². The number of hydrogen-bond acceptors (Lipinski definition) is 2. The first kappa shape index (κ1) is 21.5. The molecule has 2 heterocycles. The van der Waals surface area contributed by atoms with Crippen LogP contribution in [0, 0.1) is 0 Å². The minimum Gasteiger partial charge on any atom is -0.253 e. The normalized spacial score (nSPS) is 10.4. The van der Waals surface area contributed by atoms with Gasteiger partial charge in [-0.25, -0.2) is 0 Å². The summed E-state index contributed by atoms with van der Waals surface area (Å²) in [7, 11) is 0. The van der Waals surface area contributed by atoms with E-state index < -0.39 is 0 Å². The Bertz CT molecular complexity index is 962. The number of aryl methyl sites for hydroxylation is 1. The van der Waals surface area contributed by atoms with Gasteiger partial charge in [-0.05, 0) is 52.5 Å². The number of nitrogens with zero attached hydrogens (tertiary/aromatic N) is 2. The van der Waals surface area contributed by atoms with Gasteiger partial charge in [-0.15, -0.1) is 0 Å². The van der Waals surface area contributed by atoms with E-state index in [0.29, 0.717) is 5.92 Å². The average molecular weight is 488 g/mol. The summed E-state index contributed by atoms with van der Waals surface area (Å²) in [6.45, 7) is 13.9. The first-order valence-corrected chi connectivity index (χ1v) is 10.5. The molecule has 3 aromatic rings. The fourth-order valence-corrected chi connectivity index (χ4v) is 3.18. The molecule has 0 radical (unpaired) electrons. The van der Waals surface area contributed by atoms with Crippen molar-refractivity contribution in [2.45, 2.75) is 33.1 Å². The monoisotopic (exact) mass is 486 g/mol. The van der Waals surface area contributed by atoms with Gasteiger partial charge >= 0.3 is 0 Å². The Morgan fingerprint density at radius 2 is 1.81 bits per heavy atom. The van der Waals surface area contributed by atoms with Crippen LogP contribution in [0.4, 0.5) is 0 Å². The Balaban J connectivity index is 0.000000194. The van der Waals surface area contributed by atoms with Gasteiger partial charge < -0.3 is 0 Å². The molecule has 0 bridgehead atoms. The molecule has 2 nitrogen and oxygen atoms in total. The zero-order valence-corrected chi connectivity index (χ0v) is 19.1. The summed E-state index contributed by atoms with van der Waals surface area (Å²) in [6, 6.07) is 14.4. The van der Waals surface area contributed by atoms with Crippen molar-refractivity contribution >= 4 is 53.3 Å². The fourth-order valence-electron chi connectivity index (χ4n) is 2.52. The number of pyridine rings is 2. The van der Waals surface area contributed by atoms with E-state index in [9.17, 15) is 0 Å². The highest BCUT2D eigenvalue weighted by Crippen LogP contribution is 2.22. The number of aromatic nitrogens is 2. The van der Waals surface area contributed by atoms with Gasteiger partial charge in [-0.2, -0.15) is 0 Å². The molecule has 0 amide bonds. The molecule has 140 valence electrons. The van der Waals surface area contributed by atoms with E-state index >= 15 is 0 Å². The van der Waals surface area contributed by atoms with Gasteiger partial charge in [-0.3, -0.25) is 9.97 Å². The molecule has 1 aromatic carbocycles. The van der Waals surface area contributed by atoms with Crippen LogP contribution in [-0.2, 0) is 6.42 Å². The summed E-state index contributed by atoms with van der Waals surface area (Å²) >= 11 is 6.79. The Hall–Kier alpha value is -1.78. The van der Waals surface area contributed by atoms with E-state index in [1.807, 2.05) is 18.2 Å². The second-order valence-electron chi connectivity index (χ2n) is 6.43. The van der Waals surface area contributed by atoms with Gasteiger partial charge in [0.05, 0.1) is 11.2 Å². The summed E-state index contributed by atoms with van der Waals surface area (Å²) < 4.78 is 1.89. The molecule has 0 unspecified atom stereocenters. The Morgan fingerprint density at radius 1 is 1.11 bits per heavy atom. The Morgan fingerprint density at radius 3 is 2.41 bits per heavy atom. The van der Waals surface area contributed by atoms with E-state index in [0.717, 1.165) is 43.5 Å². The zero-order valence-electron chi connectivity index (χ0n) is 16.0. The average Bonchev–Trinajstić information content (AvgIpc) is 2.67. The van der Waals surface area contributed by atoms with Gasteiger partial charge in [0, 0.05) is 31.3 Å². The predicted molar refractivity (Wildman–Crippen MR) is 125 cm³/mol. The molecule has 0 aliphatic heterocycles. The van der Waals surface area contributed by atoms with Crippen LogP contribution in [0.3, 0.4) is 0 Å². The lowest BCUT2D eigenvalue weighted by Crippen LogP contribution is -1.94. The number of fused-ring (bicyclic) bond motifs is 1. The van der Waals surface area contributed by atoms with Gasteiger partial charge in [0.2, 0.25) is 0 Å². The van der Waals surface area contributed by atoms with Crippen LogP contribution >= 0.6 is 31.9 Å². The van der Waals surface area contributed by atoms with Crippen molar-refractivity contribution < 1.29 is 0 Å². The molecule has 27 heavy (non-hydrogen) atoms. The molecular formula is C23H24Br2N2. The van der Waals surface area contributed by atoms with Crippen molar-refractivity contribution in [1.29, 1.82) is 0 Å². The van der Waals surface area contributed by atoms with Crippen LogP contribution in [0.25, 0.3) is 21.5 Å². The van der Waals surface area contributed by atoms with Crippen molar-refractivity contribution in [2.24, 2.45) is 0 Å². The van der Waals surface area contributed by atoms with Crippen LogP contribution in [0.5, 0.6) is 0 Å². The lowest BCUT2D eigenvalue weighted by Gasteiger charge is -2.05. The van der Waals surface area contributed by atoms with Crippen molar-refractivity contribution in [1.82, 2.24) is 9.97 Å². The van der Waals surface area contributed by atoms with E-state index in [-0.39, 0.29) is 0 Å². The second-order valence-corrected chi connectivity index (χ2v) is 8.30.